The summed E-state index contributed by atoms with van der Waals surface area (Å²) in [5.41, 5.74) is 1.69. The van der Waals surface area contributed by atoms with Crippen molar-refractivity contribution < 1.29 is 14.7 Å². The molecule has 0 atom stereocenters. The number of carboxylic acid groups (broad SMARTS) is 1. The van der Waals surface area contributed by atoms with E-state index < -0.39 is 5.97 Å². The van der Waals surface area contributed by atoms with Gasteiger partial charge in [0.2, 0.25) is 0 Å². The summed E-state index contributed by atoms with van der Waals surface area (Å²) in [4.78, 5) is 26.2. The van der Waals surface area contributed by atoms with Crippen molar-refractivity contribution in [1.82, 2.24) is 4.90 Å². The van der Waals surface area contributed by atoms with E-state index in [4.69, 9.17) is 5.11 Å². The average Bonchev–Trinajstić information content (AvgIpc) is 3.19. The summed E-state index contributed by atoms with van der Waals surface area (Å²) in [5, 5.41) is 8.97. The highest BCUT2D eigenvalue weighted by Crippen LogP contribution is 2.27. The third kappa shape index (κ3) is 3.24. The number of aryl methyl sites for hydroxylation is 1. The van der Waals surface area contributed by atoms with Gasteiger partial charge in [0.25, 0.3) is 0 Å². The molecule has 0 spiro atoms. The van der Waals surface area contributed by atoms with Gasteiger partial charge in [0.15, 0.2) is 0 Å². The molecule has 5 heteroatoms. The molecule has 2 amide bonds. The zero-order valence-corrected chi connectivity index (χ0v) is 11.2. The van der Waals surface area contributed by atoms with Gasteiger partial charge in [0.1, 0.15) is 6.54 Å². The van der Waals surface area contributed by atoms with E-state index >= 15 is 0 Å². The number of carbonyl (C=O) groups is 2. The van der Waals surface area contributed by atoms with Gasteiger partial charge < -0.3 is 10.0 Å². The zero-order chi connectivity index (χ0) is 14.0. The molecule has 0 unspecified atom stereocenters. The molecule has 102 valence electrons. The molecule has 5 nitrogen and oxygen atoms in total. The first kappa shape index (κ1) is 13.4. The largest absolute Gasteiger partial charge is 0.480 e. The fourth-order valence-corrected chi connectivity index (χ4v) is 1.94. The monoisotopic (exact) mass is 262 g/mol. The Balaban J connectivity index is 2.21. The summed E-state index contributed by atoms with van der Waals surface area (Å²) in [6.07, 6.45) is 1.99. The van der Waals surface area contributed by atoms with Crippen LogP contribution in [0.3, 0.4) is 0 Å². The van der Waals surface area contributed by atoms with Gasteiger partial charge in [-0.15, -0.1) is 0 Å². The van der Waals surface area contributed by atoms with Crippen molar-refractivity contribution in [2.75, 3.05) is 18.5 Å². The topological polar surface area (TPSA) is 60.9 Å². The maximum absolute atomic E-state index is 12.3. The van der Waals surface area contributed by atoms with E-state index in [0.717, 1.165) is 18.4 Å². The summed E-state index contributed by atoms with van der Waals surface area (Å²) in [5.74, 6) is -1.02. The van der Waals surface area contributed by atoms with Crippen LogP contribution in [0, 0.1) is 6.92 Å². The van der Waals surface area contributed by atoms with Gasteiger partial charge in [-0.2, -0.15) is 0 Å². The van der Waals surface area contributed by atoms with Crippen molar-refractivity contribution in [2.24, 2.45) is 0 Å². The van der Waals surface area contributed by atoms with E-state index in [9.17, 15) is 9.59 Å². The standard InChI is InChI=1S/C14H18N2O3/c1-10-3-5-12(6-4-10)16(9-13(17)18)14(19)15(2)11-7-8-11/h3-6,11H,7-9H2,1-2H3,(H,17,18). The lowest BCUT2D eigenvalue weighted by Gasteiger charge is -2.27. The predicted octanol–water partition coefficient (Wildman–Crippen LogP) is 2.10. The van der Waals surface area contributed by atoms with Crippen molar-refractivity contribution in [1.29, 1.82) is 0 Å². The molecule has 0 heterocycles. The fourth-order valence-electron chi connectivity index (χ4n) is 1.94. The van der Waals surface area contributed by atoms with E-state index in [-0.39, 0.29) is 18.6 Å². The summed E-state index contributed by atoms with van der Waals surface area (Å²) in [7, 11) is 1.73. The molecule has 1 aliphatic rings. The van der Waals surface area contributed by atoms with Gasteiger partial charge >= 0.3 is 12.0 Å². The molecule has 0 aliphatic heterocycles. The van der Waals surface area contributed by atoms with Crippen LogP contribution in [0.25, 0.3) is 0 Å². The first-order valence-corrected chi connectivity index (χ1v) is 6.32. The molecule has 1 aliphatic carbocycles. The lowest BCUT2D eigenvalue weighted by molar-refractivity contribution is -0.135. The van der Waals surface area contributed by atoms with Crippen LogP contribution in [0.4, 0.5) is 10.5 Å². The molecular weight excluding hydrogens is 244 g/mol. The molecule has 1 aromatic rings. The van der Waals surface area contributed by atoms with Crippen LogP contribution in [0.2, 0.25) is 0 Å². The van der Waals surface area contributed by atoms with Gasteiger partial charge in [-0.3, -0.25) is 9.69 Å². The maximum Gasteiger partial charge on any atom is 0.325 e. The minimum absolute atomic E-state index is 0.256. The van der Waals surface area contributed by atoms with Crippen molar-refractivity contribution in [3.63, 3.8) is 0 Å². The lowest BCUT2D eigenvalue weighted by Crippen LogP contribution is -2.44. The van der Waals surface area contributed by atoms with Crippen LogP contribution >= 0.6 is 0 Å². The number of nitrogens with zero attached hydrogens (tertiary/aromatic N) is 2. The van der Waals surface area contributed by atoms with Crippen molar-refractivity contribution >= 4 is 17.7 Å². The number of urea groups is 1. The first-order valence-electron chi connectivity index (χ1n) is 6.32. The van der Waals surface area contributed by atoms with Crippen LogP contribution in [-0.2, 0) is 4.79 Å². The quantitative estimate of drug-likeness (QED) is 0.904. The molecule has 2 rings (SSSR count). The Morgan fingerprint density at radius 2 is 1.84 bits per heavy atom. The van der Waals surface area contributed by atoms with Gasteiger partial charge in [-0.25, -0.2) is 4.79 Å². The number of hydrogen-bond donors (Lipinski definition) is 1. The van der Waals surface area contributed by atoms with E-state index in [0.29, 0.717) is 5.69 Å². The second kappa shape index (κ2) is 5.30. The molecule has 0 saturated heterocycles. The number of amides is 2. The van der Waals surface area contributed by atoms with Gasteiger partial charge in [-0.1, -0.05) is 17.7 Å². The molecule has 0 bridgehead atoms. The van der Waals surface area contributed by atoms with E-state index in [1.165, 1.54) is 4.90 Å². The Morgan fingerprint density at radius 3 is 2.32 bits per heavy atom. The number of anilines is 1. The number of hydrogen-bond acceptors (Lipinski definition) is 2. The van der Waals surface area contributed by atoms with Crippen molar-refractivity contribution in [3.8, 4) is 0 Å². The fraction of sp³-hybridized carbons (Fsp3) is 0.429. The van der Waals surface area contributed by atoms with Crippen molar-refractivity contribution in [3.05, 3.63) is 29.8 Å². The molecule has 1 N–H and O–H groups in total. The van der Waals surface area contributed by atoms with Gasteiger partial charge in [0.05, 0.1) is 0 Å². The number of rotatable bonds is 4. The van der Waals surface area contributed by atoms with Crippen LogP contribution in [0.1, 0.15) is 18.4 Å². The van der Waals surface area contributed by atoms with Crippen molar-refractivity contribution in [2.45, 2.75) is 25.8 Å². The Kier molecular flexibility index (Phi) is 3.74. The molecule has 19 heavy (non-hydrogen) atoms. The molecular formula is C14H18N2O3. The summed E-state index contributed by atoms with van der Waals surface area (Å²) in [6.45, 7) is 1.63. The Morgan fingerprint density at radius 1 is 1.26 bits per heavy atom. The second-order valence-electron chi connectivity index (χ2n) is 4.94. The highest BCUT2D eigenvalue weighted by Gasteiger charge is 2.33. The SMILES string of the molecule is Cc1ccc(N(CC(=O)O)C(=O)N(C)C2CC2)cc1. The van der Waals surface area contributed by atoms with Crippen LogP contribution in [0.15, 0.2) is 24.3 Å². The van der Waals surface area contributed by atoms with E-state index in [2.05, 4.69) is 0 Å². The maximum atomic E-state index is 12.3. The third-order valence-corrected chi connectivity index (χ3v) is 3.27. The van der Waals surface area contributed by atoms with Crippen LogP contribution in [-0.4, -0.2) is 41.6 Å². The smallest absolute Gasteiger partial charge is 0.325 e. The molecule has 1 aromatic carbocycles. The lowest BCUT2D eigenvalue weighted by atomic mass is 10.2. The average molecular weight is 262 g/mol. The van der Waals surface area contributed by atoms with Gasteiger partial charge in [-0.05, 0) is 31.9 Å². The predicted molar refractivity (Wildman–Crippen MR) is 72.3 cm³/mol. The highest BCUT2D eigenvalue weighted by molar-refractivity contribution is 5.96. The third-order valence-electron chi connectivity index (χ3n) is 3.27. The highest BCUT2D eigenvalue weighted by atomic mass is 16.4. The number of carbonyl (C=O) groups excluding carboxylic acids is 1. The van der Waals surface area contributed by atoms with Crippen LogP contribution in [0.5, 0.6) is 0 Å². The summed E-state index contributed by atoms with van der Waals surface area (Å²) in [6, 6.07) is 7.29. The second-order valence-corrected chi connectivity index (χ2v) is 4.94. The first-order chi connectivity index (χ1) is 8.99. The van der Waals surface area contributed by atoms with Crippen LogP contribution < -0.4 is 4.90 Å². The molecule has 1 fully saturated rings. The molecule has 0 aromatic heterocycles. The molecule has 1 saturated carbocycles. The summed E-state index contributed by atoms with van der Waals surface area (Å²) < 4.78 is 0. The zero-order valence-electron chi connectivity index (χ0n) is 11.2. The Labute approximate surface area is 112 Å². The minimum atomic E-state index is -1.02. The molecule has 0 radical (unpaired) electrons. The van der Waals surface area contributed by atoms with Gasteiger partial charge in [0, 0.05) is 18.8 Å². The number of aliphatic carboxylic acids is 1. The Hall–Kier alpha value is -2.04. The number of carboxylic acids is 1. The number of benzene rings is 1. The van der Waals surface area contributed by atoms with E-state index in [1.54, 1.807) is 24.1 Å². The Bertz CT molecular complexity index is 480. The van der Waals surface area contributed by atoms with E-state index in [1.807, 2.05) is 19.1 Å². The minimum Gasteiger partial charge on any atom is -0.480 e. The summed E-state index contributed by atoms with van der Waals surface area (Å²) >= 11 is 0. The normalized spacial score (nSPS) is 14.0.